The summed E-state index contributed by atoms with van der Waals surface area (Å²) >= 11 is 11.8. The van der Waals surface area contributed by atoms with Crippen molar-refractivity contribution in [3.8, 4) is 11.5 Å². The largest absolute Gasteiger partial charge is 0.489 e. The maximum Gasteiger partial charge on any atom is 0.228 e. The zero-order valence-electron chi connectivity index (χ0n) is 12.6. The average Bonchev–Trinajstić information content (AvgIpc) is 2.76. The van der Waals surface area contributed by atoms with Gasteiger partial charge in [0.25, 0.3) is 0 Å². The molecule has 0 saturated heterocycles. The van der Waals surface area contributed by atoms with E-state index >= 15 is 0 Å². The highest BCUT2D eigenvalue weighted by molar-refractivity contribution is 6.32. The Morgan fingerprint density at radius 1 is 1.12 bits per heavy atom. The van der Waals surface area contributed by atoms with Gasteiger partial charge in [-0.1, -0.05) is 23.2 Å². The number of halogens is 3. The van der Waals surface area contributed by atoms with Crippen molar-refractivity contribution in [2.45, 2.75) is 12.8 Å². The lowest BCUT2D eigenvalue weighted by atomic mass is 10.1. The average molecular weight is 370 g/mol. The highest BCUT2D eigenvalue weighted by Gasteiger charge is 2.17. The molecule has 1 aliphatic heterocycles. The van der Waals surface area contributed by atoms with Crippen molar-refractivity contribution in [3.63, 3.8) is 0 Å². The summed E-state index contributed by atoms with van der Waals surface area (Å²) in [5.41, 5.74) is 1.01. The van der Waals surface area contributed by atoms with E-state index in [-0.39, 0.29) is 17.4 Å². The van der Waals surface area contributed by atoms with Crippen molar-refractivity contribution in [2.75, 3.05) is 18.5 Å². The fraction of sp³-hybridized carbons (Fsp3) is 0.235. The van der Waals surface area contributed by atoms with Crippen LogP contribution in [0.25, 0.3) is 0 Å². The van der Waals surface area contributed by atoms with Gasteiger partial charge in [0.2, 0.25) is 5.91 Å². The molecule has 2 aromatic rings. The number of carbonyl (C=O) groups is 1. The molecule has 4 nitrogen and oxygen atoms in total. The second kappa shape index (κ2) is 7.28. The summed E-state index contributed by atoms with van der Waals surface area (Å²) in [6.45, 7) is 1.07. The zero-order chi connectivity index (χ0) is 17.1. The van der Waals surface area contributed by atoms with Crippen LogP contribution in [0.3, 0.4) is 0 Å². The third kappa shape index (κ3) is 3.91. The number of rotatable bonds is 3. The molecule has 0 radical (unpaired) electrons. The molecule has 0 fully saturated rings. The fourth-order valence-corrected chi connectivity index (χ4v) is 2.76. The maximum atomic E-state index is 13.4. The van der Waals surface area contributed by atoms with E-state index in [1.54, 1.807) is 12.1 Å². The second-order valence-electron chi connectivity index (χ2n) is 5.31. The summed E-state index contributed by atoms with van der Waals surface area (Å²) in [5.74, 6) is 0.133. The summed E-state index contributed by atoms with van der Waals surface area (Å²) in [6.07, 6.45) is 0.837. The number of nitrogens with one attached hydrogen (secondary N) is 1. The van der Waals surface area contributed by atoms with Crippen LogP contribution in [0.15, 0.2) is 30.3 Å². The van der Waals surface area contributed by atoms with Gasteiger partial charge in [-0.25, -0.2) is 4.39 Å². The van der Waals surface area contributed by atoms with Crippen LogP contribution in [0.1, 0.15) is 12.0 Å². The van der Waals surface area contributed by atoms with E-state index in [0.717, 1.165) is 6.42 Å². The topological polar surface area (TPSA) is 47.6 Å². The molecule has 1 aliphatic rings. The second-order valence-corrected chi connectivity index (χ2v) is 6.12. The van der Waals surface area contributed by atoms with Crippen LogP contribution in [0, 0.1) is 5.82 Å². The van der Waals surface area contributed by atoms with E-state index in [9.17, 15) is 9.18 Å². The van der Waals surface area contributed by atoms with Crippen LogP contribution in [0.5, 0.6) is 11.5 Å². The molecule has 0 unspecified atom stereocenters. The van der Waals surface area contributed by atoms with Crippen molar-refractivity contribution in [2.24, 2.45) is 0 Å². The van der Waals surface area contributed by atoms with Crippen molar-refractivity contribution >= 4 is 34.8 Å². The quantitative estimate of drug-likeness (QED) is 0.867. The van der Waals surface area contributed by atoms with Crippen molar-refractivity contribution in [1.29, 1.82) is 0 Å². The zero-order valence-corrected chi connectivity index (χ0v) is 14.1. The third-order valence-corrected chi connectivity index (χ3v) is 4.02. The molecule has 0 atom stereocenters. The highest BCUT2D eigenvalue weighted by atomic mass is 35.5. The van der Waals surface area contributed by atoms with Crippen molar-refractivity contribution in [3.05, 3.63) is 51.8 Å². The molecular weight excluding hydrogens is 356 g/mol. The van der Waals surface area contributed by atoms with Crippen LogP contribution < -0.4 is 14.8 Å². The van der Waals surface area contributed by atoms with Gasteiger partial charge in [0, 0.05) is 12.1 Å². The molecule has 0 aliphatic carbocycles. The van der Waals surface area contributed by atoms with Crippen LogP contribution in [-0.4, -0.2) is 19.1 Å². The standard InChI is InChI=1S/C17H14Cl2FNO3/c18-12-3-2-11(9-14(12)20)21-16(22)8-10-6-13(19)17-15(7-10)23-4-1-5-24-17/h2-3,6-7,9H,1,4-5,8H2,(H,21,22). The first-order valence-electron chi connectivity index (χ1n) is 7.36. The first-order chi connectivity index (χ1) is 11.5. The normalized spacial score (nSPS) is 13.3. The molecule has 1 N–H and O–H groups in total. The SMILES string of the molecule is O=C(Cc1cc(Cl)c2c(c1)OCCCO2)Nc1ccc(Cl)c(F)c1. The molecule has 0 aromatic heterocycles. The van der Waals surface area contributed by atoms with Gasteiger partial charge >= 0.3 is 0 Å². The van der Waals surface area contributed by atoms with Crippen LogP contribution in [0.2, 0.25) is 10.0 Å². The number of anilines is 1. The van der Waals surface area contributed by atoms with Crippen LogP contribution >= 0.6 is 23.2 Å². The smallest absolute Gasteiger partial charge is 0.228 e. The minimum absolute atomic E-state index is 0.00248. The Bertz CT molecular complexity index is 783. The van der Waals surface area contributed by atoms with Gasteiger partial charge < -0.3 is 14.8 Å². The Labute approximate surface area is 148 Å². The molecule has 1 amide bonds. The monoisotopic (exact) mass is 369 g/mol. The Kier molecular flexibility index (Phi) is 5.11. The lowest BCUT2D eigenvalue weighted by Crippen LogP contribution is -2.14. The predicted octanol–water partition coefficient (Wildman–Crippen LogP) is 4.48. The summed E-state index contributed by atoms with van der Waals surface area (Å²) in [4.78, 5) is 12.1. The first-order valence-corrected chi connectivity index (χ1v) is 8.11. The Morgan fingerprint density at radius 3 is 2.71 bits per heavy atom. The first kappa shape index (κ1) is 16.9. The van der Waals surface area contributed by atoms with Gasteiger partial charge in [0.05, 0.1) is 29.7 Å². The number of amides is 1. The Hall–Kier alpha value is -1.98. The summed E-state index contributed by atoms with van der Waals surface area (Å²) in [6, 6.07) is 7.48. The van der Waals surface area contributed by atoms with Gasteiger partial charge in [-0.05, 0) is 35.9 Å². The minimum Gasteiger partial charge on any atom is -0.489 e. The molecule has 24 heavy (non-hydrogen) atoms. The van der Waals surface area contributed by atoms with Gasteiger partial charge in [-0.3, -0.25) is 4.79 Å². The number of hydrogen-bond acceptors (Lipinski definition) is 3. The number of fused-ring (bicyclic) bond motifs is 1. The fourth-order valence-electron chi connectivity index (χ4n) is 2.35. The lowest BCUT2D eigenvalue weighted by Gasteiger charge is -2.12. The van der Waals surface area contributed by atoms with Crippen molar-refractivity contribution < 1.29 is 18.7 Å². The molecule has 3 rings (SSSR count). The van der Waals surface area contributed by atoms with Gasteiger partial charge in [-0.15, -0.1) is 0 Å². The van der Waals surface area contributed by atoms with Crippen molar-refractivity contribution in [1.82, 2.24) is 0 Å². The number of hydrogen-bond donors (Lipinski definition) is 1. The maximum absolute atomic E-state index is 13.4. The summed E-state index contributed by atoms with van der Waals surface area (Å²) < 4.78 is 24.5. The van der Waals surface area contributed by atoms with Crippen LogP contribution in [-0.2, 0) is 11.2 Å². The molecule has 2 aromatic carbocycles. The minimum atomic E-state index is -0.590. The molecular formula is C17H14Cl2FNO3. The number of benzene rings is 2. The Balaban J connectivity index is 1.73. The Morgan fingerprint density at radius 2 is 1.92 bits per heavy atom. The lowest BCUT2D eigenvalue weighted by molar-refractivity contribution is -0.115. The molecule has 0 bridgehead atoms. The molecule has 0 saturated carbocycles. The van der Waals surface area contributed by atoms with E-state index < -0.39 is 5.82 Å². The van der Waals surface area contributed by atoms with Gasteiger partial charge in [-0.2, -0.15) is 0 Å². The van der Waals surface area contributed by atoms with E-state index in [2.05, 4.69) is 5.32 Å². The number of carbonyl (C=O) groups excluding carboxylic acids is 1. The molecule has 0 spiro atoms. The summed E-state index contributed by atoms with van der Waals surface area (Å²) in [7, 11) is 0. The van der Waals surface area contributed by atoms with E-state index in [4.69, 9.17) is 32.7 Å². The number of ether oxygens (including phenoxy) is 2. The molecule has 126 valence electrons. The van der Waals surface area contributed by atoms with Crippen LogP contribution in [0.4, 0.5) is 10.1 Å². The van der Waals surface area contributed by atoms with E-state index in [0.29, 0.717) is 41.0 Å². The molecule has 7 heteroatoms. The van der Waals surface area contributed by atoms with Gasteiger partial charge in [0.15, 0.2) is 11.5 Å². The highest BCUT2D eigenvalue weighted by Crippen LogP contribution is 2.38. The van der Waals surface area contributed by atoms with E-state index in [1.165, 1.54) is 18.2 Å². The predicted molar refractivity (Wildman–Crippen MR) is 90.8 cm³/mol. The molecule has 1 heterocycles. The van der Waals surface area contributed by atoms with E-state index in [1.807, 2.05) is 0 Å². The summed E-state index contributed by atoms with van der Waals surface area (Å²) in [5, 5.41) is 3.02. The van der Waals surface area contributed by atoms with Gasteiger partial charge in [0.1, 0.15) is 5.82 Å². The third-order valence-electron chi connectivity index (χ3n) is 3.43.